The van der Waals surface area contributed by atoms with Crippen LogP contribution in [0.25, 0.3) is 0 Å². The number of carbonyl (C=O) groups excluding carboxylic acids is 1. The second kappa shape index (κ2) is 7.91. The molecule has 150 valence electrons. The number of thiophene rings is 1. The number of rotatable bonds is 8. The fourth-order valence-electron chi connectivity index (χ4n) is 3.44. The molecule has 5 rings (SSSR count). The molecular formula is C21H21FN4OS2. The van der Waals surface area contributed by atoms with Crippen molar-refractivity contribution >= 4 is 29.0 Å². The smallest absolute Gasteiger partial charge is 0.231 e. The zero-order chi connectivity index (χ0) is 19.8. The number of nitrogens with zero attached hydrogens (tertiary/aromatic N) is 3. The first-order valence-electron chi connectivity index (χ1n) is 9.85. The van der Waals surface area contributed by atoms with Crippen molar-refractivity contribution in [3.05, 3.63) is 63.9 Å². The molecule has 2 heterocycles. The Bertz CT molecular complexity index is 994. The minimum atomic E-state index is -0.286. The molecule has 1 amide bonds. The molecule has 0 bridgehead atoms. The van der Waals surface area contributed by atoms with Crippen molar-refractivity contribution in [2.24, 2.45) is 0 Å². The SMILES string of the molecule is O=C(CSc1nnc(C2CC2)n1C1CC1)N[C@H](c1ccc(F)cc1)c1cccs1. The molecule has 0 saturated heterocycles. The van der Waals surface area contributed by atoms with Gasteiger partial charge in [-0.15, -0.1) is 21.5 Å². The second-order valence-electron chi connectivity index (χ2n) is 7.57. The number of aromatic nitrogens is 3. The van der Waals surface area contributed by atoms with Crippen LogP contribution in [-0.4, -0.2) is 26.4 Å². The van der Waals surface area contributed by atoms with Gasteiger partial charge in [-0.2, -0.15) is 0 Å². The van der Waals surface area contributed by atoms with E-state index >= 15 is 0 Å². The van der Waals surface area contributed by atoms with Crippen molar-refractivity contribution in [1.29, 1.82) is 0 Å². The molecule has 0 spiro atoms. The van der Waals surface area contributed by atoms with Gasteiger partial charge in [0.2, 0.25) is 5.91 Å². The first-order chi connectivity index (χ1) is 14.2. The van der Waals surface area contributed by atoms with E-state index in [1.807, 2.05) is 17.5 Å². The lowest BCUT2D eigenvalue weighted by molar-refractivity contribution is -0.119. The number of nitrogens with one attached hydrogen (secondary N) is 1. The van der Waals surface area contributed by atoms with Crippen LogP contribution in [0.3, 0.4) is 0 Å². The lowest BCUT2D eigenvalue weighted by Gasteiger charge is -2.18. The minimum absolute atomic E-state index is 0.0731. The molecule has 0 radical (unpaired) electrons. The zero-order valence-electron chi connectivity index (χ0n) is 15.8. The van der Waals surface area contributed by atoms with Crippen molar-refractivity contribution < 1.29 is 9.18 Å². The van der Waals surface area contributed by atoms with Crippen LogP contribution in [0.1, 0.15) is 59.9 Å². The van der Waals surface area contributed by atoms with Gasteiger partial charge in [-0.3, -0.25) is 4.79 Å². The summed E-state index contributed by atoms with van der Waals surface area (Å²) < 4.78 is 15.6. The molecule has 1 aromatic carbocycles. The number of benzene rings is 1. The Labute approximate surface area is 176 Å². The summed E-state index contributed by atoms with van der Waals surface area (Å²) in [5, 5.41) is 14.7. The van der Waals surface area contributed by atoms with Crippen LogP contribution < -0.4 is 5.32 Å². The summed E-state index contributed by atoms with van der Waals surface area (Å²) in [5.41, 5.74) is 0.865. The number of hydrogen-bond donors (Lipinski definition) is 1. The van der Waals surface area contributed by atoms with Gasteiger partial charge in [0.25, 0.3) is 0 Å². The maximum absolute atomic E-state index is 13.3. The molecule has 5 nitrogen and oxygen atoms in total. The minimum Gasteiger partial charge on any atom is -0.344 e. The molecule has 1 N–H and O–H groups in total. The van der Waals surface area contributed by atoms with Gasteiger partial charge in [-0.25, -0.2) is 4.39 Å². The van der Waals surface area contributed by atoms with Gasteiger partial charge < -0.3 is 9.88 Å². The Morgan fingerprint density at radius 3 is 2.66 bits per heavy atom. The molecule has 2 saturated carbocycles. The maximum Gasteiger partial charge on any atom is 0.231 e. The van der Waals surface area contributed by atoms with Crippen molar-refractivity contribution in [3.8, 4) is 0 Å². The number of thioether (sulfide) groups is 1. The predicted octanol–water partition coefficient (Wildman–Crippen LogP) is 4.69. The van der Waals surface area contributed by atoms with E-state index in [9.17, 15) is 9.18 Å². The van der Waals surface area contributed by atoms with Gasteiger partial charge >= 0.3 is 0 Å². The lowest BCUT2D eigenvalue weighted by atomic mass is 10.1. The van der Waals surface area contributed by atoms with Gasteiger partial charge in [-0.05, 0) is 54.8 Å². The number of hydrogen-bond acceptors (Lipinski definition) is 5. The highest BCUT2D eigenvalue weighted by atomic mass is 32.2. The van der Waals surface area contributed by atoms with Gasteiger partial charge in [0.05, 0.1) is 11.8 Å². The first kappa shape index (κ1) is 18.8. The van der Waals surface area contributed by atoms with Crippen molar-refractivity contribution in [1.82, 2.24) is 20.1 Å². The monoisotopic (exact) mass is 428 g/mol. The largest absolute Gasteiger partial charge is 0.344 e. The van der Waals surface area contributed by atoms with Crippen LogP contribution in [-0.2, 0) is 4.79 Å². The average Bonchev–Trinajstić information content (AvgIpc) is 3.66. The molecule has 3 aromatic rings. The molecule has 8 heteroatoms. The molecule has 2 fully saturated rings. The van der Waals surface area contributed by atoms with E-state index in [4.69, 9.17) is 0 Å². The Hall–Kier alpha value is -2.19. The number of carbonyl (C=O) groups is 1. The highest BCUT2D eigenvalue weighted by molar-refractivity contribution is 7.99. The Morgan fingerprint density at radius 1 is 1.21 bits per heavy atom. The van der Waals surface area contributed by atoms with E-state index in [-0.39, 0.29) is 23.5 Å². The summed E-state index contributed by atoms with van der Waals surface area (Å²) >= 11 is 3.02. The Morgan fingerprint density at radius 2 is 2.00 bits per heavy atom. The molecule has 2 aliphatic carbocycles. The van der Waals surface area contributed by atoms with Crippen LogP contribution in [0, 0.1) is 5.82 Å². The maximum atomic E-state index is 13.3. The Kier molecular flexibility index (Phi) is 5.13. The zero-order valence-corrected chi connectivity index (χ0v) is 17.4. The van der Waals surface area contributed by atoms with E-state index < -0.39 is 0 Å². The van der Waals surface area contributed by atoms with E-state index in [1.54, 1.807) is 23.5 Å². The average molecular weight is 429 g/mol. The molecular weight excluding hydrogens is 407 g/mol. The van der Waals surface area contributed by atoms with Crippen LogP contribution in [0.2, 0.25) is 0 Å². The quantitative estimate of drug-likeness (QED) is 0.529. The number of halogens is 1. The molecule has 1 atom stereocenters. The predicted molar refractivity (Wildman–Crippen MR) is 112 cm³/mol. The topological polar surface area (TPSA) is 59.8 Å². The first-order valence-corrected chi connectivity index (χ1v) is 11.7. The summed E-state index contributed by atoms with van der Waals surface area (Å²) in [4.78, 5) is 13.8. The summed E-state index contributed by atoms with van der Waals surface area (Å²) in [6, 6.07) is 10.4. The molecule has 0 unspecified atom stereocenters. The molecule has 2 aliphatic rings. The van der Waals surface area contributed by atoms with Gasteiger partial charge in [-0.1, -0.05) is 30.0 Å². The van der Waals surface area contributed by atoms with E-state index in [0.717, 1.165) is 21.4 Å². The number of amides is 1. The van der Waals surface area contributed by atoms with Gasteiger partial charge in [0, 0.05) is 16.8 Å². The van der Waals surface area contributed by atoms with Crippen molar-refractivity contribution in [3.63, 3.8) is 0 Å². The van der Waals surface area contributed by atoms with E-state index in [2.05, 4.69) is 20.1 Å². The van der Waals surface area contributed by atoms with Crippen molar-refractivity contribution in [2.45, 2.75) is 48.8 Å². The summed E-state index contributed by atoms with van der Waals surface area (Å²) in [7, 11) is 0. The fourth-order valence-corrected chi connectivity index (χ4v) is 5.07. The molecule has 0 aliphatic heterocycles. The summed E-state index contributed by atoms with van der Waals surface area (Å²) in [6.45, 7) is 0. The highest BCUT2D eigenvalue weighted by Crippen LogP contribution is 2.46. The molecule has 2 aromatic heterocycles. The fraction of sp³-hybridized carbons (Fsp3) is 0.381. The second-order valence-corrected chi connectivity index (χ2v) is 9.49. The van der Waals surface area contributed by atoms with Crippen LogP contribution in [0.15, 0.2) is 46.9 Å². The summed E-state index contributed by atoms with van der Waals surface area (Å²) in [5.74, 6) is 1.56. The normalized spacial score (nSPS) is 17.3. The third-order valence-corrected chi connectivity index (χ3v) is 7.09. The van der Waals surface area contributed by atoms with Gasteiger partial charge in [0.1, 0.15) is 11.6 Å². The van der Waals surface area contributed by atoms with E-state index in [0.29, 0.717) is 12.0 Å². The lowest BCUT2D eigenvalue weighted by Crippen LogP contribution is -2.30. The van der Waals surface area contributed by atoms with Crippen LogP contribution in [0.4, 0.5) is 4.39 Å². The van der Waals surface area contributed by atoms with Crippen LogP contribution in [0.5, 0.6) is 0 Å². The van der Waals surface area contributed by atoms with E-state index in [1.165, 1.54) is 49.6 Å². The van der Waals surface area contributed by atoms with Crippen molar-refractivity contribution in [2.75, 3.05) is 5.75 Å². The standard InChI is InChI=1S/C21H21FN4OS2/c22-15-7-5-13(6-8-15)19(17-2-1-11-28-17)23-18(27)12-29-21-25-24-20(14-3-4-14)26(21)16-9-10-16/h1-2,5-8,11,14,16,19H,3-4,9-10,12H2,(H,23,27)/t19-/m1/s1. The van der Waals surface area contributed by atoms with Gasteiger partial charge in [0.15, 0.2) is 5.16 Å². The van der Waals surface area contributed by atoms with Crippen LogP contribution >= 0.6 is 23.1 Å². The third kappa shape index (κ3) is 4.23. The third-order valence-electron chi connectivity index (χ3n) is 5.21. The molecule has 29 heavy (non-hydrogen) atoms. The Balaban J connectivity index is 1.28. The summed E-state index contributed by atoms with van der Waals surface area (Å²) in [6.07, 6.45) is 4.72. The highest BCUT2D eigenvalue weighted by Gasteiger charge is 2.36.